The van der Waals surface area contributed by atoms with Crippen LogP contribution >= 0.6 is 0 Å². The van der Waals surface area contributed by atoms with Crippen molar-refractivity contribution in [2.24, 2.45) is 0 Å². The molecule has 8 heteroatoms. The Balaban J connectivity index is 2.45. The van der Waals surface area contributed by atoms with Crippen LogP contribution in [0.15, 0.2) is 18.3 Å². The van der Waals surface area contributed by atoms with Crippen molar-refractivity contribution in [3.8, 4) is 5.75 Å². The fourth-order valence-electron chi connectivity index (χ4n) is 1.70. The summed E-state index contributed by atoms with van der Waals surface area (Å²) >= 11 is 0. The van der Waals surface area contributed by atoms with E-state index in [-0.39, 0.29) is 22.7 Å². The maximum Gasteiger partial charge on any atom is 0.433 e. The predicted octanol–water partition coefficient (Wildman–Crippen LogP) is 3.31. The van der Waals surface area contributed by atoms with E-state index in [4.69, 9.17) is 4.74 Å². The Morgan fingerprint density at radius 3 is 2.68 bits per heavy atom. The fourth-order valence-corrected chi connectivity index (χ4v) is 1.70. The molecule has 0 aromatic carbocycles. The van der Waals surface area contributed by atoms with Gasteiger partial charge in [-0.15, -0.1) is 0 Å². The number of hydrogen-bond donors (Lipinski definition) is 1. The molecule has 0 aliphatic heterocycles. The summed E-state index contributed by atoms with van der Waals surface area (Å²) in [7, 11) is 0. The number of pyridine rings is 2. The molecule has 2 rings (SSSR count). The molecule has 1 N–H and O–H groups in total. The minimum atomic E-state index is -4.61. The molecule has 0 aliphatic carbocycles. The van der Waals surface area contributed by atoms with Crippen molar-refractivity contribution in [3.63, 3.8) is 0 Å². The summed E-state index contributed by atoms with van der Waals surface area (Å²) in [5.41, 5.74) is -1.64. The molecular weight excluding hydrogens is 301 g/mol. The number of aromatic nitrogens is 2. The zero-order valence-electron chi connectivity index (χ0n) is 11.8. The second-order valence-electron chi connectivity index (χ2n) is 4.71. The smallest absolute Gasteiger partial charge is 0.433 e. The Morgan fingerprint density at radius 2 is 2.09 bits per heavy atom. The number of carbonyl (C=O) groups is 1. The van der Waals surface area contributed by atoms with E-state index in [1.807, 2.05) is 6.92 Å². The third-order valence-electron chi connectivity index (χ3n) is 3.09. The lowest BCUT2D eigenvalue weighted by molar-refractivity contribution is -0.141. The molecule has 118 valence electrons. The third-order valence-corrected chi connectivity index (χ3v) is 3.09. The molecule has 1 atom stereocenters. The summed E-state index contributed by atoms with van der Waals surface area (Å²) in [4.78, 5) is 18.9. The minimum absolute atomic E-state index is 0.0494. The van der Waals surface area contributed by atoms with E-state index < -0.39 is 23.6 Å². The van der Waals surface area contributed by atoms with Crippen LogP contribution in [0.1, 0.15) is 36.3 Å². The van der Waals surface area contributed by atoms with Crippen LogP contribution in [-0.4, -0.2) is 27.1 Å². The second-order valence-corrected chi connectivity index (χ2v) is 4.71. The molecule has 5 nitrogen and oxygen atoms in total. The van der Waals surface area contributed by atoms with Crippen LogP contribution < -0.4 is 0 Å². The number of nitrogens with zero attached hydrogens (tertiary/aromatic N) is 2. The van der Waals surface area contributed by atoms with Gasteiger partial charge in [0.2, 0.25) is 0 Å². The second kappa shape index (κ2) is 5.78. The summed E-state index contributed by atoms with van der Waals surface area (Å²) in [6.45, 7) is 3.50. The van der Waals surface area contributed by atoms with E-state index in [9.17, 15) is 23.1 Å². The van der Waals surface area contributed by atoms with Crippen molar-refractivity contribution < 1.29 is 27.8 Å². The molecule has 0 aliphatic rings. The molecule has 2 aromatic rings. The van der Waals surface area contributed by atoms with Crippen LogP contribution in [0.2, 0.25) is 0 Å². The molecule has 0 saturated carbocycles. The van der Waals surface area contributed by atoms with Gasteiger partial charge in [0.1, 0.15) is 17.0 Å². The van der Waals surface area contributed by atoms with Crippen molar-refractivity contribution in [3.05, 3.63) is 29.6 Å². The number of alkyl halides is 3. The van der Waals surface area contributed by atoms with Gasteiger partial charge in [-0.1, -0.05) is 6.92 Å². The maximum atomic E-state index is 12.6. The van der Waals surface area contributed by atoms with Gasteiger partial charge in [0.25, 0.3) is 0 Å². The Hall–Kier alpha value is -2.38. The van der Waals surface area contributed by atoms with E-state index in [0.717, 1.165) is 12.3 Å². The average Bonchev–Trinajstić information content (AvgIpc) is 2.46. The molecule has 0 spiro atoms. The van der Waals surface area contributed by atoms with Crippen molar-refractivity contribution in [2.75, 3.05) is 0 Å². The number of hydrogen-bond acceptors (Lipinski definition) is 5. The summed E-state index contributed by atoms with van der Waals surface area (Å²) in [6.07, 6.45) is -3.42. The Morgan fingerprint density at radius 1 is 1.41 bits per heavy atom. The topological polar surface area (TPSA) is 72.3 Å². The lowest BCUT2D eigenvalue weighted by Crippen LogP contribution is -2.14. The maximum absolute atomic E-state index is 12.6. The Kier molecular flexibility index (Phi) is 4.20. The van der Waals surface area contributed by atoms with Gasteiger partial charge in [-0.3, -0.25) is 0 Å². The van der Waals surface area contributed by atoms with Gasteiger partial charge in [-0.2, -0.15) is 13.2 Å². The van der Waals surface area contributed by atoms with E-state index in [0.29, 0.717) is 12.5 Å². The highest BCUT2D eigenvalue weighted by Gasteiger charge is 2.33. The highest BCUT2D eigenvalue weighted by molar-refractivity contribution is 5.98. The van der Waals surface area contributed by atoms with Gasteiger partial charge in [0.05, 0.1) is 11.5 Å². The van der Waals surface area contributed by atoms with Gasteiger partial charge in [-0.25, -0.2) is 14.8 Å². The molecule has 2 heterocycles. The molecular formula is C14H13F3N2O3. The molecule has 0 radical (unpaired) electrons. The van der Waals surface area contributed by atoms with E-state index in [1.165, 1.54) is 0 Å². The SMILES string of the molecule is CCC(C)OC(=O)c1cnc2nc(C(F)(F)F)ccc2c1O. The standard InChI is InChI=1S/C14H13F3N2O3/c1-3-7(2)22-13(21)9-6-18-12-8(11(9)20)4-5-10(19-12)14(15,16)17/h4-7H,3H2,1-2H3,(H,18,19,20). The highest BCUT2D eigenvalue weighted by Crippen LogP contribution is 2.32. The Labute approximate surface area is 123 Å². The van der Waals surface area contributed by atoms with Gasteiger partial charge >= 0.3 is 12.1 Å². The first-order valence-corrected chi connectivity index (χ1v) is 6.51. The predicted molar refractivity (Wildman–Crippen MR) is 71.4 cm³/mol. The molecule has 0 bridgehead atoms. The third kappa shape index (κ3) is 3.10. The lowest BCUT2D eigenvalue weighted by atomic mass is 10.1. The van der Waals surface area contributed by atoms with E-state index in [1.54, 1.807) is 6.92 Å². The van der Waals surface area contributed by atoms with Crippen molar-refractivity contribution in [1.29, 1.82) is 0 Å². The largest absolute Gasteiger partial charge is 0.506 e. The molecule has 22 heavy (non-hydrogen) atoms. The van der Waals surface area contributed by atoms with Crippen LogP contribution in [0.4, 0.5) is 13.2 Å². The van der Waals surface area contributed by atoms with Gasteiger partial charge in [-0.05, 0) is 25.5 Å². The molecule has 0 saturated heterocycles. The number of rotatable bonds is 3. The summed E-state index contributed by atoms with van der Waals surface area (Å²) in [6, 6.07) is 1.74. The van der Waals surface area contributed by atoms with E-state index >= 15 is 0 Å². The minimum Gasteiger partial charge on any atom is -0.506 e. The fraction of sp³-hybridized carbons (Fsp3) is 0.357. The van der Waals surface area contributed by atoms with Crippen LogP contribution in [0, 0.1) is 0 Å². The van der Waals surface area contributed by atoms with E-state index in [2.05, 4.69) is 9.97 Å². The first-order chi connectivity index (χ1) is 10.2. The summed E-state index contributed by atoms with van der Waals surface area (Å²) in [5, 5.41) is 9.99. The van der Waals surface area contributed by atoms with Crippen LogP contribution in [-0.2, 0) is 10.9 Å². The van der Waals surface area contributed by atoms with Gasteiger partial charge in [0.15, 0.2) is 5.65 Å². The first kappa shape index (κ1) is 16.0. The zero-order valence-corrected chi connectivity index (χ0v) is 11.8. The zero-order chi connectivity index (χ0) is 16.5. The van der Waals surface area contributed by atoms with Crippen molar-refractivity contribution >= 4 is 17.0 Å². The number of carbonyl (C=O) groups excluding carboxylic acids is 1. The van der Waals surface area contributed by atoms with Gasteiger partial charge < -0.3 is 9.84 Å². The molecule has 0 amide bonds. The highest BCUT2D eigenvalue weighted by atomic mass is 19.4. The normalized spacial score (nSPS) is 13.1. The monoisotopic (exact) mass is 314 g/mol. The molecule has 0 fully saturated rings. The first-order valence-electron chi connectivity index (χ1n) is 6.51. The van der Waals surface area contributed by atoms with Crippen LogP contribution in [0.25, 0.3) is 11.0 Å². The number of ether oxygens (including phenoxy) is 1. The molecule has 2 aromatic heterocycles. The average molecular weight is 314 g/mol. The van der Waals surface area contributed by atoms with Crippen LogP contribution in [0.3, 0.4) is 0 Å². The van der Waals surface area contributed by atoms with Gasteiger partial charge in [0, 0.05) is 6.20 Å². The number of esters is 1. The summed E-state index contributed by atoms with van der Waals surface area (Å²) < 4.78 is 42.8. The van der Waals surface area contributed by atoms with Crippen LogP contribution in [0.5, 0.6) is 5.75 Å². The van der Waals surface area contributed by atoms with Crippen molar-refractivity contribution in [2.45, 2.75) is 32.5 Å². The number of fused-ring (bicyclic) bond motifs is 1. The summed E-state index contributed by atoms with van der Waals surface area (Å²) in [5.74, 6) is -1.29. The number of aromatic hydroxyl groups is 1. The Bertz CT molecular complexity index is 716. The van der Waals surface area contributed by atoms with Crippen molar-refractivity contribution in [1.82, 2.24) is 9.97 Å². The quantitative estimate of drug-likeness (QED) is 0.880. The lowest BCUT2D eigenvalue weighted by Gasteiger charge is -2.12. The molecule has 1 unspecified atom stereocenters. The number of halogens is 3.